The van der Waals surface area contributed by atoms with E-state index in [2.05, 4.69) is 4.98 Å². The number of carbonyl (C=O) groups excluding carboxylic acids is 2. The van der Waals surface area contributed by atoms with Crippen molar-refractivity contribution in [2.45, 2.75) is 6.18 Å². The Morgan fingerprint density at radius 1 is 1.44 bits per heavy atom. The predicted octanol–water partition coefficient (Wildman–Crippen LogP) is 1.01. The summed E-state index contributed by atoms with van der Waals surface area (Å²) in [4.78, 5) is 26.1. The highest BCUT2D eigenvalue weighted by molar-refractivity contribution is 8.14. The molecule has 1 heterocycles. The van der Waals surface area contributed by atoms with Crippen LogP contribution in [0.25, 0.3) is 0 Å². The summed E-state index contributed by atoms with van der Waals surface area (Å²) in [5.74, 6) is -1.09. The van der Waals surface area contributed by atoms with E-state index < -0.39 is 28.4 Å². The van der Waals surface area contributed by atoms with Gasteiger partial charge in [0.2, 0.25) is 0 Å². The minimum Gasteiger partial charge on any atom is -0.283 e. The van der Waals surface area contributed by atoms with Crippen LogP contribution in [0.3, 0.4) is 0 Å². The number of pyridine rings is 1. The van der Waals surface area contributed by atoms with Crippen LogP contribution in [0.5, 0.6) is 0 Å². The largest absolute Gasteiger partial charge is 0.417 e. The van der Waals surface area contributed by atoms with Crippen molar-refractivity contribution in [2.75, 3.05) is 5.38 Å². The predicted molar refractivity (Wildman–Crippen MR) is 64.5 cm³/mol. The maximum absolute atomic E-state index is 12.6. The van der Waals surface area contributed by atoms with E-state index in [0.717, 1.165) is 34.4 Å². The fourth-order valence-corrected chi connectivity index (χ4v) is 2.36. The number of amides is 2. The molecule has 0 spiro atoms. The SMILES string of the molecule is O=C(NC(=O)c1cnccc1C(F)(F)F)SC[SiH3]. The molecular weight excluding hydrogens is 285 g/mol. The van der Waals surface area contributed by atoms with E-state index in [4.69, 9.17) is 0 Å². The summed E-state index contributed by atoms with van der Waals surface area (Å²) in [5.41, 5.74) is -1.77. The molecule has 0 aromatic carbocycles. The van der Waals surface area contributed by atoms with E-state index in [1.807, 2.05) is 5.32 Å². The van der Waals surface area contributed by atoms with Crippen molar-refractivity contribution >= 4 is 33.2 Å². The number of imide groups is 1. The number of nitrogens with zero attached hydrogens (tertiary/aromatic N) is 1. The molecule has 0 atom stereocenters. The van der Waals surface area contributed by atoms with Gasteiger partial charge in [-0.25, -0.2) is 0 Å². The van der Waals surface area contributed by atoms with Gasteiger partial charge in [0, 0.05) is 22.6 Å². The molecule has 2 amide bonds. The minimum atomic E-state index is -4.66. The summed E-state index contributed by atoms with van der Waals surface area (Å²) in [6.07, 6.45) is -2.94. The van der Waals surface area contributed by atoms with Gasteiger partial charge < -0.3 is 0 Å². The monoisotopic (exact) mass is 294 g/mol. The zero-order valence-electron chi connectivity index (χ0n) is 9.25. The number of rotatable bonds is 2. The number of nitrogens with one attached hydrogen (secondary N) is 1. The summed E-state index contributed by atoms with van der Waals surface area (Å²) in [6.45, 7) is 0. The van der Waals surface area contributed by atoms with Crippen molar-refractivity contribution in [1.82, 2.24) is 10.3 Å². The summed E-state index contributed by atoms with van der Waals surface area (Å²) in [7, 11) is 0.747. The van der Waals surface area contributed by atoms with Gasteiger partial charge in [-0.2, -0.15) is 13.2 Å². The third kappa shape index (κ3) is 3.84. The molecule has 18 heavy (non-hydrogen) atoms. The van der Waals surface area contributed by atoms with Gasteiger partial charge >= 0.3 is 6.18 Å². The molecular formula is C9H9F3N2O2SSi. The zero-order valence-corrected chi connectivity index (χ0v) is 12.1. The molecule has 1 N–H and O–H groups in total. The Kier molecular flexibility index (Phi) is 4.90. The van der Waals surface area contributed by atoms with Crippen LogP contribution in [-0.4, -0.2) is 31.7 Å². The van der Waals surface area contributed by atoms with Gasteiger partial charge in [0.25, 0.3) is 11.1 Å². The molecule has 1 rings (SSSR count). The Hall–Kier alpha value is -1.35. The second kappa shape index (κ2) is 6.00. The lowest BCUT2D eigenvalue weighted by Crippen LogP contribution is -2.29. The topological polar surface area (TPSA) is 59.1 Å². The molecule has 1 aromatic rings. The van der Waals surface area contributed by atoms with Crippen LogP contribution in [0, 0.1) is 0 Å². The molecule has 0 unspecified atom stereocenters. The van der Waals surface area contributed by atoms with Crippen LogP contribution in [0.4, 0.5) is 18.0 Å². The van der Waals surface area contributed by atoms with Gasteiger partial charge in [-0.15, -0.1) is 0 Å². The van der Waals surface area contributed by atoms with Crippen molar-refractivity contribution in [3.8, 4) is 0 Å². The summed E-state index contributed by atoms with van der Waals surface area (Å²) >= 11 is 0.857. The molecule has 98 valence electrons. The molecule has 9 heteroatoms. The van der Waals surface area contributed by atoms with Crippen LogP contribution in [0.15, 0.2) is 18.5 Å². The number of alkyl halides is 3. The highest BCUT2D eigenvalue weighted by atomic mass is 32.2. The van der Waals surface area contributed by atoms with E-state index in [0.29, 0.717) is 11.4 Å². The van der Waals surface area contributed by atoms with E-state index in [9.17, 15) is 22.8 Å². The van der Waals surface area contributed by atoms with Gasteiger partial charge in [-0.3, -0.25) is 19.9 Å². The number of aromatic nitrogens is 1. The van der Waals surface area contributed by atoms with Crippen molar-refractivity contribution in [3.05, 3.63) is 29.6 Å². The van der Waals surface area contributed by atoms with E-state index in [1.54, 1.807) is 0 Å². The molecule has 4 nitrogen and oxygen atoms in total. The number of hydrogen-bond donors (Lipinski definition) is 1. The highest BCUT2D eigenvalue weighted by Gasteiger charge is 2.35. The van der Waals surface area contributed by atoms with Crippen molar-refractivity contribution in [2.24, 2.45) is 0 Å². The number of carbonyl (C=O) groups is 2. The van der Waals surface area contributed by atoms with Crippen molar-refractivity contribution in [3.63, 3.8) is 0 Å². The van der Waals surface area contributed by atoms with Gasteiger partial charge in [-0.05, 0) is 11.4 Å². The number of thioether (sulfide) groups is 1. The number of halogens is 3. The molecule has 0 aliphatic rings. The molecule has 0 saturated heterocycles. The van der Waals surface area contributed by atoms with E-state index in [-0.39, 0.29) is 0 Å². The molecule has 0 radical (unpaired) electrons. The summed E-state index contributed by atoms with van der Waals surface area (Å²) < 4.78 is 37.8. The molecule has 0 fully saturated rings. The van der Waals surface area contributed by atoms with Crippen LogP contribution < -0.4 is 5.32 Å². The third-order valence-electron chi connectivity index (χ3n) is 1.86. The van der Waals surface area contributed by atoms with Crippen LogP contribution in [0.1, 0.15) is 15.9 Å². The first-order chi connectivity index (χ1) is 8.36. The maximum Gasteiger partial charge on any atom is 0.417 e. The smallest absolute Gasteiger partial charge is 0.283 e. The van der Waals surface area contributed by atoms with Gasteiger partial charge in [-0.1, -0.05) is 11.8 Å². The Bertz CT molecular complexity index is 467. The molecule has 0 aliphatic carbocycles. The second-order valence-electron chi connectivity index (χ2n) is 3.09. The van der Waals surface area contributed by atoms with Crippen molar-refractivity contribution < 1.29 is 22.8 Å². The quantitative estimate of drug-likeness (QED) is 0.827. The van der Waals surface area contributed by atoms with Gasteiger partial charge in [0.05, 0.1) is 11.1 Å². The van der Waals surface area contributed by atoms with Crippen LogP contribution in [-0.2, 0) is 6.18 Å². The summed E-state index contributed by atoms with van der Waals surface area (Å²) in [6, 6.07) is 0.694. The fourth-order valence-electron chi connectivity index (χ4n) is 1.15. The Morgan fingerprint density at radius 2 is 2.11 bits per heavy atom. The number of hydrogen-bond acceptors (Lipinski definition) is 4. The second-order valence-corrected chi connectivity index (χ2v) is 6.06. The molecule has 0 saturated carbocycles. The van der Waals surface area contributed by atoms with Gasteiger partial charge in [0.1, 0.15) is 0 Å². The fraction of sp³-hybridized carbons (Fsp3) is 0.222. The van der Waals surface area contributed by atoms with E-state index >= 15 is 0 Å². The average Bonchev–Trinajstić information content (AvgIpc) is 2.28. The third-order valence-corrected chi connectivity index (χ3v) is 3.38. The maximum atomic E-state index is 12.6. The lowest BCUT2D eigenvalue weighted by molar-refractivity contribution is -0.138. The lowest BCUT2D eigenvalue weighted by Gasteiger charge is -2.11. The van der Waals surface area contributed by atoms with Gasteiger partial charge in [0.15, 0.2) is 0 Å². The highest BCUT2D eigenvalue weighted by Crippen LogP contribution is 2.31. The average molecular weight is 294 g/mol. The van der Waals surface area contributed by atoms with Crippen LogP contribution >= 0.6 is 11.8 Å². The first-order valence-electron chi connectivity index (χ1n) is 4.85. The van der Waals surface area contributed by atoms with Crippen molar-refractivity contribution in [1.29, 1.82) is 0 Å². The van der Waals surface area contributed by atoms with Crippen LogP contribution in [0.2, 0.25) is 0 Å². The Balaban J connectivity index is 2.96. The normalized spacial score (nSPS) is 11.3. The Labute approximate surface area is 108 Å². The lowest BCUT2D eigenvalue weighted by atomic mass is 10.1. The standard InChI is InChI=1S/C9H9F3N2O2SSi/c10-9(11,12)6-1-2-13-3-5(6)7(15)14-8(16)17-4-18/h1-3H,4H2,18H3,(H,14,15,16). The molecule has 0 aliphatic heterocycles. The molecule has 1 aromatic heterocycles. The first-order valence-corrected chi connectivity index (χ1v) is 7.25. The first kappa shape index (κ1) is 14.7. The molecule has 0 bridgehead atoms. The zero-order chi connectivity index (χ0) is 13.8. The van der Waals surface area contributed by atoms with E-state index in [1.165, 1.54) is 0 Å². The summed E-state index contributed by atoms with van der Waals surface area (Å²) in [5, 5.41) is 1.77. The Morgan fingerprint density at radius 3 is 2.67 bits per heavy atom. The minimum absolute atomic E-state index is 0.554.